The highest BCUT2D eigenvalue weighted by molar-refractivity contribution is 5.55. The van der Waals surface area contributed by atoms with Gasteiger partial charge in [0, 0.05) is 6.42 Å². The van der Waals surface area contributed by atoms with Gasteiger partial charge in [-0.2, -0.15) is 0 Å². The minimum absolute atomic E-state index is 0.152. The standard InChI is InChI=1S/C13H15FO3/c1-13(2,14)10-6-9(4-3-5-15)12-11(7-10)16-8-17-12/h5-7H,3-4,8H2,1-2H3. The molecule has 0 fully saturated rings. The predicted octanol–water partition coefficient (Wildman–Crippen LogP) is 2.75. The fourth-order valence-corrected chi connectivity index (χ4v) is 1.83. The molecule has 4 heteroatoms. The molecule has 3 nitrogen and oxygen atoms in total. The Morgan fingerprint density at radius 2 is 2.18 bits per heavy atom. The largest absolute Gasteiger partial charge is 0.454 e. The highest BCUT2D eigenvalue weighted by Crippen LogP contribution is 2.40. The molecule has 1 heterocycles. The average molecular weight is 238 g/mol. The lowest BCUT2D eigenvalue weighted by molar-refractivity contribution is -0.107. The predicted molar refractivity (Wildman–Crippen MR) is 61.1 cm³/mol. The third kappa shape index (κ3) is 2.40. The van der Waals surface area contributed by atoms with E-state index in [9.17, 15) is 9.18 Å². The fraction of sp³-hybridized carbons (Fsp3) is 0.462. The molecule has 0 radical (unpaired) electrons. The highest BCUT2D eigenvalue weighted by atomic mass is 19.1. The Morgan fingerprint density at radius 3 is 2.82 bits per heavy atom. The number of benzene rings is 1. The van der Waals surface area contributed by atoms with Gasteiger partial charge in [-0.3, -0.25) is 0 Å². The van der Waals surface area contributed by atoms with Crippen LogP contribution in [0.3, 0.4) is 0 Å². The van der Waals surface area contributed by atoms with Crippen molar-refractivity contribution in [3.05, 3.63) is 23.3 Å². The van der Waals surface area contributed by atoms with Crippen molar-refractivity contribution in [2.24, 2.45) is 0 Å². The summed E-state index contributed by atoms with van der Waals surface area (Å²) in [5.74, 6) is 1.20. The van der Waals surface area contributed by atoms with Crippen LogP contribution in [0.15, 0.2) is 12.1 Å². The highest BCUT2D eigenvalue weighted by Gasteiger charge is 2.25. The molecule has 1 aliphatic heterocycles. The SMILES string of the molecule is CC(C)(F)c1cc(CCC=O)c2c(c1)OCO2. The van der Waals surface area contributed by atoms with Gasteiger partial charge in [0.25, 0.3) is 0 Å². The number of fused-ring (bicyclic) bond motifs is 1. The van der Waals surface area contributed by atoms with E-state index < -0.39 is 5.67 Å². The van der Waals surface area contributed by atoms with Gasteiger partial charge in [-0.15, -0.1) is 0 Å². The summed E-state index contributed by atoms with van der Waals surface area (Å²) in [6.45, 7) is 3.14. The molecule has 0 amide bonds. The average Bonchev–Trinajstić information content (AvgIpc) is 2.72. The molecular weight excluding hydrogens is 223 g/mol. The van der Waals surface area contributed by atoms with Crippen LogP contribution in [0.2, 0.25) is 0 Å². The summed E-state index contributed by atoms with van der Waals surface area (Å²) in [6, 6.07) is 3.41. The van der Waals surface area contributed by atoms with Crippen LogP contribution in [0.1, 0.15) is 31.4 Å². The molecule has 17 heavy (non-hydrogen) atoms. The van der Waals surface area contributed by atoms with E-state index in [0.717, 1.165) is 11.8 Å². The number of rotatable bonds is 4. The fourth-order valence-electron chi connectivity index (χ4n) is 1.83. The molecule has 0 saturated heterocycles. The van der Waals surface area contributed by atoms with Crippen molar-refractivity contribution in [3.8, 4) is 11.5 Å². The van der Waals surface area contributed by atoms with Crippen LogP contribution in [0.5, 0.6) is 11.5 Å². The van der Waals surface area contributed by atoms with Crippen molar-refractivity contribution in [1.29, 1.82) is 0 Å². The topological polar surface area (TPSA) is 35.5 Å². The van der Waals surface area contributed by atoms with Crippen LogP contribution in [0.4, 0.5) is 4.39 Å². The zero-order chi connectivity index (χ0) is 12.5. The zero-order valence-electron chi connectivity index (χ0n) is 9.96. The number of aldehydes is 1. The van der Waals surface area contributed by atoms with Gasteiger partial charge < -0.3 is 14.3 Å². The summed E-state index contributed by atoms with van der Waals surface area (Å²) >= 11 is 0. The third-order valence-corrected chi connectivity index (χ3v) is 2.77. The van der Waals surface area contributed by atoms with Gasteiger partial charge in [-0.05, 0) is 43.5 Å². The van der Waals surface area contributed by atoms with Crippen molar-refractivity contribution in [3.63, 3.8) is 0 Å². The quantitative estimate of drug-likeness (QED) is 0.756. The molecule has 1 aromatic carbocycles. The van der Waals surface area contributed by atoms with Gasteiger partial charge in [-0.1, -0.05) is 0 Å². The minimum Gasteiger partial charge on any atom is -0.454 e. The van der Waals surface area contributed by atoms with E-state index in [-0.39, 0.29) is 6.79 Å². The number of hydrogen-bond acceptors (Lipinski definition) is 3. The van der Waals surface area contributed by atoms with Gasteiger partial charge >= 0.3 is 0 Å². The number of ether oxygens (including phenoxy) is 2. The molecule has 92 valence electrons. The molecule has 0 aliphatic carbocycles. The Balaban J connectivity index is 2.42. The van der Waals surface area contributed by atoms with Gasteiger partial charge in [0.1, 0.15) is 12.0 Å². The summed E-state index contributed by atoms with van der Waals surface area (Å²) < 4.78 is 24.5. The molecule has 1 aliphatic rings. The molecule has 0 aromatic heterocycles. The number of carbonyl (C=O) groups is 1. The van der Waals surface area contributed by atoms with Crippen LogP contribution in [0.25, 0.3) is 0 Å². The lowest BCUT2D eigenvalue weighted by Crippen LogP contribution is -2.09. The summed E-state index contributed by atoms with van der Waals surface area (Å²) in [5.41, 5.74) is -0.0628. The number of hydrogen-bond donors (Lipinski definition) is 0. The van der Waals surface area contributed by atoms with Crippen molar-refractivity contribution in [2.45, 2.75) is 32.4 Å². The lowest BCUT2D eigenvalue weighted by atomic mass is 9.95. The Hall–Kier alpha value is -1.58. The second kappa shape index (κ2) is 4.35. The molecule has 0 spiro atoms. The molecule has 0 unspecified atom stereocenters. The van der Waals surface area contributed by atoms with Crippen molar-refractivity contribution in [1.82, 2.24) is 0 Å². The van der Waals surface area contributed by atoms with Gasteiger partial charge in [-0.25, -0.2) is 4.39 Å². The van der Waals surface area contributed by atoms with Crippen LogP contribution < -0.4 is 9.47 Å². The number of aryl methyl sites for hydroxylation is 1. The second-order valence-corrected chi connectivity index (χ2v) is 4.55. The summed E-state index contributed by atoms with van der Waals surface area (Å²) in [7, 11) is 0. The first kappa shape index (κ1) is 11.9. The van der Waals surface area contributed by atoms with Crippen LogP contribution >= 0.6 is 0 Å². The number of halogens is 1. The maximum absolute atomic E-state index is 13.9. The molecule has 0 N–H and O–H groups in total. The Morgan fingerprint density at radius 1 is 1.41 bits per heavy atom. The van der Waals surface area contributed by atoms with Gasteiger partial charge in [0.2, 0.25) is 6.79 Å². The monoisotopic (exact) mass is 238 g/mol. The van der Waals surface area contributed by atoms with E-state index in [2.05, 4.69) is 0 Å². The first-order chi connectivity index (χ1) is 8.02. The van der Waals surface area contributed by atoms with E-state index >= 15 is 0 Å². The van der Waals surface area contributed by atoms with Crippen LogP contribution in [-0.2, 0) is 16.9 Å². The van der Waals surface area contributed by atoms with Crippen molar-refractivity contribution < 1.29 is 18.7 Å². The van der Waals surface area contributed by atoms with E-state index in [1.807, 2.05) is 0 Å². The maximum Gasteiger partial charge on any atom is 0.231 e. The molecule has 0 atom stereocenters. The summed E-state index contributed by atoms with van der Waals surface area (Å²) in [5, 5.41) is 0. The second-order valence-electron chi connectivity index (χ2n) is 4.55. The molecular formula is C13H15FO3. The van der Waals surface area contributed by atoms with Crippen LogP contribution in [0, 0.1) is 0 Å². The van der Waals surface area contributed by atoms with Crippen molar-refractivity contribution >= 4 is 6.29 Å². The smallest absolute Gasteiger partial charge is 0.231 e. The Bertz CT molecular complexity index is 435. The molecule has 2 rings (SSSR count). The Kier molecular flexibility index (Phi) is 3.05. The first-order valence-corrected chi connectivity index (χ1v) is 5.58. The molecule has 0 saturated carbocycles. The normalized spacial score (nSPS) is 13.8. The first-order valence-electron chi connectivity index (χ1n) is 5.58. The third-order valence-electron chi connectivity index (χ3n) is 2.77. The summed E-state index contributed by atoms with van der Waals surface area (Å²) in [4.78, 5) is 10.4. The maximum atomic E-state index is 13.9. The van der Waals surface area contributed by atoms with Gasteiger partial charge in [0.15, 0.2) is 11.5 Å². The zero-order valence-corrected chi connectivity index (χ0v) is 9.96. The van der Waals surface area contributed by atoms with E-state index in [0.29, 0.717) is 29.9 Å². The molecule has 0 bridgehead atoms. The van der Waals surface area contributed by atoms with E-state index in [1.54, 1.807) is 12.1 Å². The van der Waals surface area contributed by atoms with E-state index in [1.165, 1.54) is 13.8 Å². The van der Waals surface area contributed by atoms with Crippen molar-refractivity contribution in [2.75, 3.05) is 6.79 Å². The Labute approximate surface area is 99.5 Å². The summed E-state index contributed by atoms with van der Waals surface area (Å²) in [6.07, 6.45) is 1.78. The van der Waals surface area contributed by atoms with E-state index in [4.69, 9.17) is 9.47 Å². The molecule has 1 aromatic rings. The van der Waals surface area contributed by atoms with Crippen LogP contribution in [-0.4, -0.2) is 13.1 Å². The lowest BCUT2D eigenvalue weighted by Gasteiger charge is -2.17. The number of alkyl halides is 1. The number of carbonyl (C=O) groups excluding carboxylic acids is 1. The minimum atomic E-state index is -1.43. The van der Waals surface area contributed by atoms with Gasteiger partial charge in [0.05, 0.1) is 0 Å².